The summed E-state index contributed by atoms with van der Waals surface area (Å²) in [6, 6.07) is 3.93. The van der Waals surface area contributed by atoms with Crippen molar-refractivity contribution in [2.24, 2.45) is 5.41 Å². The fourth-order valence-corrected chi connectivity index (χ4v) is 2.41. The molecule has 0 spiro atoms. The van der Waals surface area contributed by atoms with E-state index in [2.05, 4.69) is 5.32 Å². The van der Waals surface area contributed by atoms with Crippen LogP contribution >= 0.6 is 11.3 Å². The normalized spacial score (nSPS) is 16.8. The first-order valence-corrected chi connectivity index (χ1v) is 5.93. The fourth-order valence-electron chi connectivity index (χ4n) is 1.58. The third kappa shape index (κ3) is 1.95. The van der Waals surface area contributed by atoms with E-state index in [-0.39, 0.29) is 5.91 Å². The first kappa shape index (κ1) is 11.1. The molecular weight excluding hydrogens is 226 g/mol. The summed E-state index contributed by atoms with van der Waals surface area (Å²) in [6.45, 7) is 2.42. The highest BCUT2D eigenvalue weighted by atomic mass is 32.1. The topological polar surface area (TPSA) is 66.4 Å². The zero-order valence-corrected chi connectivity index (χ0v) is 9.76. The van der Waals surface area contributed by atoms with E-state index in [1.807, 2.05) is 19.1 Å². The van der Waals surface area contributed by atoms with E-state index in [9.17, 15) is 9.59 Å². The van der Waals surface area contributed by atoms with Crippen molar-refractivity contribution in [2.75, 3.05) is 0 Å². The summed E-state index contributed by atoms with van der Waals surface area (Å²) in [4.78, 5) is 24.8. The van der Waals surface area contributed by atoms with E-state index in [4.69, 9.17) is 5.11 Å². The lowest BCUT2D eigenvalue weighted by Crippen LogP contribution is -2.36. The molecule has 1 aliphatic carbocycles. The van der Waals surface area contributed by atoms with Crippen LogP contribution in [-0.2, 0) is 16.1 Å². The number of aliphatic carboxylic acids is 1. The Hall–Kier alpha value is -1.36. The smallest absolute Gasteiger partial charge is 0.319 e. The Morgan fingerprint density at radius 2 is 2.19 bits per heavy atom. The predicted octanol–water partition coefficient (Wildman–Crippen LogP) is 1.54. The number of carbonyl (C=O) groups excluding carboxylic acids is 1. The molecule has 0 aromatic carbocycles. The third-order valence-corrected chi connectivity index (χ3v) is 3.81. The zero-order valence-electron chi connectivity index (χ0n) is 8.95. The minimum Gasteiger partial charge on any atom is -0.480 e. The number of rotatable bonds is 4. The SMILES string of the molecule is Cc1ccc(CNC(=O)C2(C(=O)O)CC2)s1. The first-order valence-electron chi connectivity index (χ1n) is 5.12. The van der Waals surface area contributed by atoms with Gasteiger partial charge in [0.25, 0.3) is 0 Å². The van der Waals surface area contributed by atoms with Crippen molar-refractivity contribution in [2.45, 2.75) is 26.3 Å². The lowest BCUT2D eigenvalue weighted by Gasteiger charge is -2.09. The molecule has 0 atom stereocenters. The minimum absolute atomic E-state index is 0.356. The van der Waals surface area contributed by atoms with Gasteiger partial charge in [-0.05, 0) is 31.9 Å². The molecule has 4 nitrogen and oxygen atoms in total. The summed E-state index contributed by atoms with van der Waals surface area (Å²) in [5, 5.41) is 11.6. The van der Waals surface area contributed by atoms with Gasteiger partial charge < -0.3 is 10.4 Å². The van der Waals surface area contributed by atoms with Gasteiger partial charge in [0.05, 0.1) is 6.54 Å². The molecule has 1 aliphatic rings. The van der Waals surface area contributed by atoms with Crippen LogP contribution in [0.15, 0.2) is 12.1 Å². The summed E-state index contributed by atoms with van der Waals surface area (Å²) >= 11 is 1.61. The Balaban J connectivity index is 1.92. The summed E-state index contributed by atoms with van der Waals surface area (Å²) in [5.41, 5.74) is -1.13. The van der Waals surface area contributed by atoms with Crippen LogP contribution in [0.1, 0.15) is 22.6 Å². The highest BCUT2D eigenvalue weighted by Gasteiger charge is 2.56. The number of aryl methyl sites for hydroxylation is 1. The molecule has 1 aromatic rings. The number of thiophene rings is 1. The molecular formula is C11H13NO3S. The predicted molar refractivity (Wildman–Crippen MR) is 60.2 cm³/mol. The molecule has 2 rings (SSSR count). The molecule has 0 saturated heterocycles. The maximum atomic E-state index is 11.7. The molecule has 86 valence electrons. The van der Waals surface area contributed by atoms with Crippen molar-refractivity contribution in [3.8, 4) is 0 Å². The zero-order chi connectivity index (χ0) is 11.8. The van der Waals surface area contributed by atoms with Crippen molar-refractivity contribution in [1.29, 1.82) is 0 Å². The van der Waals surface area contributed by atoms with Crippen molar-refractivity contribution in [3.63, 3.8) is 0 Å². The largest absolute Gasteiger partial charge is 0.480 e. The van der Waals surface area contributed by atoms with E-state index >= 15 is 0 Å². The standard InChI is InChI=1S/C11H13NO3S/c1-7-2-3-8(16-7)6-12-9(13)11(4-5-11)10(14)15/h2-3H,4-6H2,1H3,(H,12,13)(H,14,15). The van der Waals surface area contributed by atoms with Crippen LogP contribution in [-0.4, -0.2) is 17.0 Å². The van der Waals surface area contributed by atoms with Crippen molar-refractivity contribution in [1.82, 2.24) is 5.32 Å². The number of hydrogen-bond donors (Lipinski definition) is 2. The van der Waals surface area contributed by atoms with Crippen LogP contribution in [0.5, 0.6) is 0 Å². The van der Waals surface area contributed by atoms with Gasteiger partial charge in [0.15, 0.2) is 0 Å². The van der Waals surface area contributed by atoms with Crippen LogP contribution in [0.2, 0.25) is 0 Å². The second-order valence-electron chi connectivity index (χ2n) is 4.08. The van der Waals surface area contributed by atoms with Crippen molar-refractivity contribution < 1.29 is 14.7 Å². The molecule has 0 unspecified atom stereocenters. The third-order valence-electron chi connectivity index (χ3n) is 2.81. The lowest BCUT2D eigenvalue weighted by molar-refractivity contribution is -0.149. The monoisotopic (exact) mass is 239 g/mol. The second-order valence-corrected chi connectivity index (χ2v) is 5.45. The van der Waals surface area contributed by atoms with Crippen LogP contribution < -0.4 is 5.32 Å². The number of hydrogen-bond acceptors (Lipinski definition) is 3. The van der Waals surface area contributed by atoms with Crippen LogP contribution in [0.4, 0.5) is 0 Å². The van der Waals surface area contributed by atoms with Gasteiger partial charge in [-0.3, -0.25) is 9.59 Å². The molecule has 1 heterocycles. The molecule has 1 amide bonds. The first-order chi connectivity index (χ1) is 7.54. The number of carbonyl (C=O) groups is 2. The summed E-state index contributed by atoms with van der Waals surface area (Å²) in [6.07, 6.45) is 0.912. The average molecular weight is 239 g/mol. The summed E-state index contributed by atoms with van der Waals surface area (Å²) in [7, 11) is 0. The molecule has 0 bridgehead atoms. The quantitative estimate of drug-likeness (QED) is 0.783. The number of carboxylic acids is 1. The Morgan fingerprint density at radius 1 is 1.50 bits per heavy atom. The highest BCUT2D eigenvalue weighted by molar-refractivity contribution is 7.11. The van der Waals surface area contributed by atoms with Crippen molar-refractivity contribution >= 4 is 23.2 Å². The van der Waals surface area contributed by atoms with Gasteiger partial charge in [-0.2, -0.15) is 0 Å². The maximum Gasteiger partial charge on any atom is 0.319 e. The molecule has 16 heavy (non-hydrogen) atoms. The molecule has 1 saturated carbocycles. The molecule has 2 N–H and O–H groups in total. The lowest BCUT2D eigenvalue weighted by atomic mass is 10.1. The molecule has 1 aromatic heterocycles. The van der Waals surface area contributed by atoms with Crippen LogP contribution in [0.3, 0.4) is 0 Å². The van der Waals surface area contributed by atoms with Gasteiger partial charge in [-0.15, -0.1) is 11.3 Å². The fraction of sp³-hybridized carbons (Fsp3) is 0.455. The van der Waals surface area contributed by atoms with E-state index < -0.39 is 11.4 Å². The van der Waals surface area contributed by atoms with E-state index in [1.54, 1.807) is 11.3 Å². The van der Waals surface area contributed by atoms with Gasteiger partial charge in [0, 0.05) is 9.75 Å². The number of nitrogens with one attached hydrogen (secondary N) is 1. The Kier molecular flexibility index (Phi) is 2.71. The maximum absolute atomic E-state index is 11.7. The Labute approximate surface area is 97.3 Å². The number of amides is 1. The summed E-state index contributed by atoms with van der Waals surface area (Å²) in [5.74, 6) is -1.36. The minimum atomic E-state index is -1.13. The van der Waals surface area contributed by atoms with Gasteiger partial charge in [0.1, 0.15) is 5.41 Å². The summed E-state index contributed by atoms with van der Waals surface area (Å²) < 4.78 is 0. The Bertz CT molecular complexity index is 434. The van der Waals surface area contributed by atoms with E-state index in [0.29, 0.717) is 19.4 Å². The van der Waals surface area contributed by atoms with Gasteiger partial charge in [0.2, 0.25) is 5.91 Å². The van der Waals surface area contributed by atoms with Crippen molar-refractivity contribution in [3.05, 3.63) is 21.9 Å². The Morgan fingerprint density at radius 3 is 2.62 bits per heavy atom. The van der Waals surface area contributed by atoms with Crippen LogP contribution in [0, 0.1) is 12.3 Å². The van der Waals surface area contributed by atoms with Crippen LogP contribution in [0.25, 0.3) is 0 Å². The van der Waals surface area contributed by atoms with Gasteiger partial charge in [-0.1, -0.05) is 0 Å². The molecule has 5 heteroatoms. The van der Waals surface area contributed by atoms with Gasteiger partial charge in [-0.25, -0.2) is 0 Å². The molecule has 0 aliphatic heterocycles. The van der Waals surface area contributed by atoms with Gasteiger partial charge >= 0.3 is 5.97 Å². The average Bonchev–Trinajstić information content (AvgIpc) is 2.95. The highest BCUT2D eigenvalue weighted by Crippen LogP contribution is 2.46. The second kappa shape index (κ2) is 3.90. The van der Waals surface area contributed by atoms with E-state index in [1.165, 1.54) is 4.88 Å². The molecule has 1 fully saturated rings. The molecule has 0 radical (unpaired) electrons. The van der Waals surface area contributed by atoms with E-state index in [0.717, 1.165) is 4.88 Å². The number of carboxylic acid groups (broad SMARTS) is 1.